The Balaban J connectivity index is 2.48. The van der Waals surface area contributed by atoms with Crippen LogP contribution in [-0.4, -0.2) is 15.4 Å². The van der Waals surface area contributed by atoms with Crippen molar-refractivity contribution in [2.24, 2.45) is 4.99 Å². The Labute approximate surface area is 90.7 Å². The number of aliphatic imine (C=N–C) groups is 1. The number of isothiocyanates is 1. The Hall–Kier alpha value is -1.84. The summed E-state index contributed by atoms with van der Waals surface area (Å²) in [6, 6.07) is 4.61. The summed E-state index contributed by atoms with van der Waals surface area (Å²) in [5, 5.41) is 8.57. The number of benzene rings is 1. The molecule has 0 saturated heterocycles. The summed E-state index contributed by atoms with van der Waals surface area (Å²) in [6.07, 6.45) is 3.18. The first-order valence-electron chi connectivity index (χ1n) is 4.18. The molecule has 1 aromatic carbocycles. The lowest BCUT2D eigenvalue weighted by Crippen LogP contribution is -1.81. The van der Waals surface area contributed by atoms with Crippen LogP contribution in [0.5, 0.6) is 0 Å². The Morgan fingerprint density at radius 2 is 2.33 bits per heavy atom. The lowest BCUT2D eigenvalue weighted by atomic mass is 10.1. The highest BCUT2D eigenvalue weighted by Crippen LogP contribution is 2.25. The lowest BCUT2D eigenvalue weighted by molar-refractivity contribution is 0.631. The van der Waals surface area contributed by atoms with Gasteiger partial charge in [0.15, 0.2) is 0 Å². The molecule has 0 atom stereocenters. The number of aromatic nitrogens is 2. The summed E-state index contributed by atoms with van der Waals surface area (Å²) in [6.45, 7) is 0. The number of rotatable bonds is 2. The average molecular weight is 219 g/mol. The number of hydrogen-bond donors (Lipinski definition) is 1. The number of nitrogens with one attached hydrogen (secondary N) is 1. The molecule has 0 amide bonds. The molecule has 0 aliphatic carbocycles. The van der Waals surface area contributed by atoms with E-state index >= 15 is 0 Å². The molecule has 2 rings (SSSR count). The fourth-order valence-electron chi connectivity index (χ4n) is 1.26. The predicted molar refractivity (Wildman–Crippen MR) is 58.7 cm³/mol. The van der Waals surface area contributed by atoms with E-state index < -0.39 is 0 Å². The third-order valence-corrected chi connectivity index (χ3v) is 2.03. The van der Waals surface area contributed by atoms with E-state index in [2.05, 4.69) is 32.6 Å². The highest BCUT2D eigenvalue weighted by atomic mass is 32.1. The van der Waals surface area contributed by atoms with Gasteiger partial charge in [0.2, 0.25) is 0 Å². The minimum atomic E-state index is -0.358. The van der Waals surface area contributed by atoms with Gasteiger partial charge in [0.25, 0.3) is 0 Å². The maximum Gasteiger partial charge on any atom is 0.133 e. The Bertz CT molecular complexity index is 515. The first-order chi connectivity index (χ1) is 7.31. The van der Waals surface area contributed by atoms with E-state index in [1.165, 1.54) is 6.07 Å². The van der Waals surface area contributed by atoms with Crippen molar-refractivity contribution in [3.05, 3.63) is 36.4 Å². The second-order valence-corrected chi connectivity index (χ2v) is 3.04. The van der Waals surface area contributed by atoms with Crippen LogP contribution < -0.4 is 0 Å². The molecule has 0 bridgehead atoms. The van der Waals surface area contributed by atoms with Crippen LogP contribution in [0.15, 0.2) is 35.6 Å². The molecule has 0 aliphatic rings. The highest BCUT2D eigenvalue weighted by molar-refractivity contribution is 7.78. The van der Waals surface area contributed by atoms with Gasteiger partial charge >= 0.3 is 0 Å². The number of thiocarbonyl (C=S) groups is 1. The van der Waals surface area contributed by atoms with Crippen LogP contribution in [0, 0.1) is 5.82 Å². The molecule has 1 aromatic heterocycles. The molecule has 0 spiro atoms. The van der Waals surface area contributed by atoms with E-state index in [4.69, 9.17) is 0 Å². The van der Waals surface area contributed by atoms with Gasteiger partial charge in [-0.05, 0) is 24.4 Å². The summed E-state index contributed by atoms with van der Waals surface area (Å²) in [7, 11) is 0. The molecule has 2 aromatic rings. The Kier molecular flexibility index (Phi) is 2.67. The summed E-state index contributed by atoms with van der Waals surface area (Å²) in [4.78, 5) is 3.69. The number of hydrogen-bond acceptors (Lipinski definition) is 3. The molecule has 0 saturated carbocycles. The van der Waals surface area contributed by atoms with Crippen molar-refractivity contribution in [2.75, 3.05) is 0 Å². The number of nitrogens with zero attached hydrogens (tertiary/aromatic N) is 2. The molecule has 1 heterocycles. The minimum Gasteiger partial charge on any atom is -0.285 e. The van der Waals surface area contributed by atoms with Crippen molar-refractivity contribution >= 4 is 23.1 Å². The van der Waals surface area contributed by atoms with Crippen molar-refractivity contribution in [3.63, 3.8) is 0 Å². The normalized spacial score (nSPS) is 9.67. The molecule has 15 heavy (non-hydrogen) atoms. The summed E-state index contributed by atoms with van der Waals surface area (Å²) < 4.78 is 13.6. The smallest absolute Gasteiger partial charge is 0.133 e. The van der Waals surface area contributed by atoms with Crippen LogP contribution in [0.2, 0.25) is 0 Å². The van der Waals surface area contributed by atoms with E-state index in [0.717, 1.165) is 0 Å². The predicted octanol–water partition coefficient (Wildman–Crippen LogP) is 2.95. The second kappa shape index (κ2) is 4.13. The van der Waals surface area contributed by atoms with Crippen LogP contribution in [0.4, 0.5) is 10.1 Å². The zero-order valence-electron chi connectivity index (χ0n) is 7.57. The summed E-state index contributed by atoms with van der Waals surface area (Å²) in [5.41, 5.74) is 1.63. The van der Waals surface area contributed by atoms with Gasteiger partial charge in [-0.25, -0.2) is 4.39 Å². The van der Waals surface area contributed by atoms with E-state index in [0.29, 0.717) is 16.8 Å². The molecule has 0 unspecified atom stereocenters. The van der Waals surface area contributed by atoms with Crippen molar-refractivity contribution < 1.29 is 4.39 Å². The van der Waals surface area contributed by atoms with Gasteiger partial charge in [-0.1, -0.05) is 0 Å². The number of H-pyrrole nitrogens is 1. The summed E-state index contributed by atoms with van der Waals surface area (Å²) in [5.74, 6) is -0.358. The van der Waals surface area contributed by atoms with Gasteiger partial charge in [0, 0.05) is 23.4 Å². The molecule has 5 heteroatoms. The fraction of sp³-hybridized carbons (Fsp3) is 0. The van der Waals surface area contributed by atoms with Crippen molar-refractivity contribution in [1.29, 1.82) is 0 Å². The van der Waals surface area contributed by atoms with Gasteiger partial charge < -0.3 is 0 Å². The van der Waals surface area contributed by atoms with Crippen LogP contribution in [-0.2, 0) is 0 Å². The number of halogens is 1. The molecular weight excluding hydrogens is 213 g/mol. The highest BCUT2D eigenvalue weighted by Gasteiger charge is 2.06. The van der Waals surface area contributed by atoms with Crippen LogP contribution >= 0.6 is 12.2 Å². The van der Waals surface area contributed by atoms with Crippen LogP contribution in [0.3, 0.4) is 0 Å². The molecule has 0 radical (unpaired) electrons. The first-order valence-corrected chi connectivity index (χ1v) is 4.58. The van der Waals surface area contributed by atoms with E-state index in [1.54, 1.807) is 24.5 Å². The van der Waals surface area contributed by atoms with Gasteiger partial charge in [-0.3, -0.25) is 5.10 Å². The molecular formula is C10H6FN3S. The number of aromatic amines is 1. The molecule has 0 fully saturated rings. The molecule has 0 aliphatic heterocycles. The standard InChI is InChI=1S/C10H6FN3S/c11-10-3-8(12-6-15)1-2-9(10)7-4-13-14-5-7/h1-5H,(H,13,14). The lowest BCUT2D eigenvalue weighted by Gasteiger charge is -1.99. The van der Waals surface area contributed by atoms with Crippen molar-refractivity contribution in [1.82, 2.24) is 10.2 Å². The van der Waals surface area contributed by atoms with Gasteiger partial charge in [-0.2, -0.15) is 10.1 Å². The Morgan fingerprint density at radius 3 is 2.93 bits per heavy atom. The zero-order valence-corrected chi connectivity index (χ0v) is 8.38. The second-order valence-electron chi connectivity index (χ2n) is 2.85. The van der Waals surface area contributed by atoms with Crippen LogP contribution in [0.1, 0.15) is 0 Å². The molecule has 74 valence electrons. The van der Waals surface area contributed by atoms with Crippen molar-refractivity contribution in [2.45, 2.75) is 0 Å². The Morgan fingerprint density at radius 1 is 1.47 bits per heavy atom. The molecule has 3 nitrogen and oxygen atoms in total. The maximum absolute atomic E-state index is 13.6. The van der Waals surface area contributed by atoms with E-state index in [9.17, 15) is 4.39 Å². The zero-order chi connectivity index (χ0) is 10.7. The topological polar surface area (TPSA) is 41.0 Å². The van der Waals surface area contributed by atoms with Gasteiger partial charge in [-0.15, -0.1) is 0 Å². The SMILES string of the molecule is Fc1cc(N=C=S)ccc1-c1cn[nH]c1. The first kappa shape index (κ1) is 9.71. The quantitative estimate of drug-likeness (QED) is 0.623. The van der Waals surface area contributed by atoms with Gasteiger partial charge in [0.1, 0.15) is 5.82 Å². The molecule has 1 N–H and O–H groups in total. The summed E-state index contributed by atoms with van der Waals surface area (Å²) >= 11 is 4.44. The third kappa shape index (κ3) is 1.98. The van der Waals surface area contributed by atoms with E-state index in [-0.39, 0.29) is 5.82 Å². The minimum absolute atomic E-state index is 0.358. The monoisotopic (exact) mass is 219 g/mol. The third-order valence-electron chi connectivity index (χ3n) is 1.94. The maximum atomic E-state index is 13.6. The van der Waals surface area contributed by atoms with E-state index in [1.807, 2.05) is 0 Å². The largest absolute Gasteiger partial charge is 0.285 e. The van der Waals surface area contributed by atoms with Gasteiger partial charge in [0.05, 0.1) is 17.0 Å². The fourth-order valence-corrected chi connectivity index (χ4v) is 1.36. The van der Waals surface area contributed by atoms with Crippen molar-refractivity contribution in [3.8, 4) is 11.1 Å². The average Bonchev–Trinajstić information content (AvgIpc) is 2.71. The van der Waals surface area contributed by atoms with Crippen LogP contribution in [0.25, 0.3) is 11.1 Å².